The Kier molecular flexibility index (Phi) is 31.8. The number of ether oxygens (including phenoxy) is 12. The van der Waals surface area contributed by atoms with E-state index < -0.39 is 0 Å². The van der Waals surface area contributed by atoms with E-state index in [1.807, 2.05) is 159 Å². The van der Waals surface area contributed by atoms with Crippen LogP contribution in [-0.2, 0) is 89.8 Å². The summed E-state index contributed by atoms with van der Waals surface area (Å²) in [6.07, 6.45) is 16.9. The van der Waals surface area contributed by atoms with Crippen LogP contribution in [0.3, 0.4) is 0 Å². The number of fused-ring (bicyclic) bond motifs is 4. The summed E-state index contributed by atoms with van der Waals surface area (Å²) < 4.78 is 68.9. The van der Waals surface area contributed by atoms with Crippen LogP contribution in [0.15, 0.2) is 207 Å². The number of benzene rings is 6. The molecule has 4 fully saturated rings. The molecule has 0 atom stereocenters. The van der Waals surface area contributed by atoms with Crippen LogP contribution in [0.5, 0.6) is 23.0 Å². The molecule has 4 aliphatic heterocycles. The second-order valence-electron chi connectivity index (χ2n) is 29.1. The molecule has 0 bridgehead atoms. The highest BCUT2D eigenvalue weighted by molar-refractivity contribution is 6.31. The zero-order valence-corrected chi connectivity index (χ0v) is 68.2. The number of hydrogen-bond acceptors (Lipinski definition) is 22. The molecular formula is C92H104Cl2N10O12. The summed E-state index contributed by atoms with van der Waals surface area (Å²) in [5.74, 6) is 3.36. The first-order chi connectivity index (χ1) is 56.8. The second-order valence-corrected chi connectivity index (χ2v) is 30.0. The van der Waals surface area contributed by atoms with Gasteiger partial charge in [-0.3, -0.25) is 29.9 Å². The Morgan fingerprint density at radius 1 is 0.328 bits per heavy atom. The highest BCUT2D eigenvalue weighted by Crippen LogP contribution is 2.30. The zero-order chi connectivity index (χ0) is 80.2. The largest absolute Gasteiger partial charge is 0.497 e. The highest BCUT2D eigenvalue weighted by atomic mass is 35.5. The second kappa shape index (κ2) is 43.7. The van der Waals surface area contributed by atoms with E-state index in [0.29, 0.717) is 77.5 Å². The minimum Gasteiger partial charge on any atom is -0.497 e. The van der Waals surface area contributed by atoms with E-state index in [4.69, 9.17) is 80.0 Å². The molecule has 608 valence electrons. The van der Waals surface area contributed by atoms with Crippen molar-refractivity contribution in [3.8, 4) is 23.0 Å². The van der Waals surface area contributed by atoms with Gasteiger partial charge in [0.05, 0.1) is 144 Å². The van der Waals surface area contributed by atoms with E-state index in [2.05, 4.69) is 107 Å². The molecule has 22 nitrogen and oxygen atoms in total. The van der Waals surface area contributed by atoms with Crippen molar-refractivity contribution in [3.63, 3.8) is 0 Å². The Balaban J connectivity index is 0.000000135. The molecule has 6 aromatic carbocycles. The molecule has 0 aliphatic carbocycles. The number of nitrogens with zero attached hydrogens (tertiary/aromatic N) is 6. The molecule has 0 unspecified atom stereocenters. The Morgan fingerprint density at radius 3 is 0.983 bits per heavy atom. The number of aryl methyl sites for hydroxylation is 6. The summed E-state index contributed by atoms with van der Waals surface area (Å²) in [5.41, 5.74) is 15.6. The number of halogens is 2. The van der Waals surface area contributed by atoms with Gasteiger partial charge in [0.2, 0.25) is 0 Å². The molecule has 4 aliphatic rings. The Bertz CT molecular complexity index is 4660. The third-order valence-electron chi connectivity index (χ3n) is 20.8. The molecule has 0 spiro atoms. The molecule has 12 aromatic rings. The first-order valence-corrected chi connectivity index (χ1v) is 40.5. The van der Waals surface area contributed by atoms with Crippen molar-refractivity contribution in [2.75, 3.05) is 81.3 Å². The average molecular weight is 1610 g/mol. The molecule has 16 rings (SSSR count). The number of methoxy groups -OCH3 is 4. The molecule has 0 amide bonds. The van der Waals surface area contributed by atoms with Crippen LogP contribution < -0.4 is 40.2 Å². The first-order valence-electron chi connectivity index (χ1n) is 39.7. The van der Waals surface area contributed by atoms with Gasteiger partial charge < -0.3 is 78.1 Å². The Morgan fingerprint density at radius 2 is 0.655 bits per heavy atom. The highest BCUT2D eigenvalue weighted by Gasteiger charge is 2.27. The number of pyridine rings is 6. The summed E-state index contributed by atoms with van der Waals surface area (Å²) in [6, 6.07) is 57.1. The molecule has 6 aromatic heterocycles. The van der Waals surface area contributed by atoms with Crippen LogP contribution in [-0.4, -0.2) is 161 Å². The molecule has 4 saturated heterocycles. The topological polar surface area (TPSA) is 236 Å². The minimum absolute atomic E-state index is 0.148. The van der Waals surface area contributed by atoms with Crippen LogP contribution in [0.25, 0.3) is 43.6 Å². The summed E-state index contributed by atoms with van der Waals surface area (Å²) in [5, 5.41) is 19.7. The van der Waals surface area contributed by atoms with E-state index in [0.717, 1.165) is 146 Å². The lowest BCUT2D eigenvalue weighted by Gasteiger charge is -2.30. The first kappa shape index (κ1) is 84.5. The SMILES string of the molecule is COc1ccc2nccc(CCC3OCC(NCc4ccc(C)cc4)CO3)c2c1.COc1ccc2nccc(CCC3OCC(NCc4ccc(C)cn4)CO3)c2c1.COc1ccc2nccc(CCC3OCC(NCc4ccc(Cl)cn4)CO3)c2c1.COc1ccc2nccc(CCC3OCC(NCc4ccccc4Cl)CO3)c2c1. The maximum absolute atomic E-state index is 6.21. The van der Waals surface area contributed by atoms with Crippen LogP contribution in [0.4, 0.5) is 0 Å². The molecule has 24 heteroatoms. The van der Waals surface area contributed by atoms with Gasteiger partial charge in [0, 0.05) is 116 Å². The summed E-state index contributed by atoms with van der Waals surface area (Å²) in [4.78, 5) is 26.5. The van der Waals surface area contributed by atoms with E-state index >= 15 is 0 Å². The number of rotatable bonds is 28. The maximum atomic E-state index is 6.21. The quantitative estimate of drug-likeness (QED) is 0.0357. The fourth-order valence-corrected chi connectivity index (χ4v) is 14.3. The van der Waals surface area contributed by atoms with Crippen LogP contribution >= 0.6 is 23.2 Å². The predicted octanol–water partition coefficient (Wildman–Crippen LogP) is 15.5. The number of nitrogens with one attached hydrogen (secondary N) is 4. The van der Waals surface area contributed by atoms with E-state index in [9.17, 15) is 0 Å². The van der Waals surface area contributed by atoms with Gasteiger partial charge in [-0.15, -0.1) is 0 Å². The third-order valence-corrected chi connectivity index (χ3v) is 21.4. The monoisotopic (exact) mass is 1610 g/mol. The van der Waals surface area contributed by atoms with Crippen molar-refractivity contribution in [1.29, 1.82) is 0 Å². The maximum Gasteiger partial charge on any atom is 0.158 e. The van der Waals surface area contributed by atoms with Crippen molar-refractivity contribution in [2.24, 2.45) is 0 Å². The van der Waals surface area contributed by atoms with Crippen molar-refractivity contribution in [3.05, 3.63) is 273 Å². The Labute approximate surface area is 688 Å². The van der Waals surface area contributed by atoms with Crippen LogP contribution in [0.1, 0.15) is 81.6 Å². The van der Waals surface area contributed by atoms with Gasteiger partial charge in [0.15, 0.2) is 25.2 Å². The lowest BCUT2D eigenvalue weighted by atomic mass is 10.0. The van der Waals surface area contributed by atoms with Gasteiger partial charge in [0.1, 0.15) is 23.0 Å². The fourth-order valence-electron chi connectivity index (χ4n) is 14.0. The van der Waals surface area contributed by atoms with Crippen LogP contribution in [0.2, 0.25) is 10.0 Å². The molecule has 10 heterocycles. The number of aromatic nitrogens is 6. The third kappa shape index (κ3) is 25.1. The normalized spacial score (nSPS) is 19.4. The summed E-state index contributed by atoms with van der Waals surface area (Å²) >= 11 is 12.1. The van der Waals surface area contributed by atoms with Gasteiger partial charge >= 0.3 is 0 Å². The lowest BCUT2D eigenvalue weighted by Crippen LogP contribution is -2.44. The minimum atomic E-state index is -0.199. The molecule has 116 heavy (non-hydrogen) atoms. The van der Waals surface area contributed by atoms with Crippen LogP contribution in [0, 0.1) is 13.8 Å². The van der Waals surface area contributed by atoms with Crippen molar-refractivity contribution < 1.29 is 56.8 Å². The average Bonchev–Trinajstić information content (AvgIpc) is 0.827. The van der Waals surface area contributed by atoms with E-state index in [1.165, 1.54) is 38.9 Å². The molecule has 0 radical (unpaired) electrons. The lowest BCUT2D eigenvalue weighted by molar-refractivity contribution is -0.192. The molecule has 4 N–H and O–H groups in total. The van der Waals surface area contributed by atoms with Gasteiger partial charge in [-0.05, 0) is 200 Å². The van der Waals surface area contributed by atoms with E-state index in [1.54, 1.807) is 34.6 Å². The van der Waals surface area contributed by atoms with E-state index in [-0.39, 0.29) is 49.3 Å². The zero-order valence-electron chi connectivity index (χ0n) is 66.7. The smallest absolute Gasteiger partial charge is 0.158 e. The van der Waals surface area contributed by atoms with Crippen molar-refractivity contribution >= 4 is 66.8 Å². The summed E-state index contributed by atoms with van der Waals surface area (Å²) in [7, 11) is 6.72. The standard InChI is InChI=1S/C24H28N2O3.C23H25ClN2O3.C23H27N3O3.C22H24ClN3O3/c1-17-3-5-18(6-4-17)14-26-20-15-28-24(29-16-20)10-7-19-11-12-25-23-9-8-21(27-2)13-22(19)23;1-27-19-7-8-22-20(12-19)16(10-11-25-22)6-9-23-28-14-18(15-29-23)26-13-17-4-2-3-5-21(17)24;1-16-3-5-18(25-12-16)13-26-19-14-28-23(29-15-19)8-4-17-9-10-24-22-7-6-20(27-2)11-21(17)22;1-27-19-5-6-21-20(10-19)15(8-9-24-21)2-7-22-28-13-18(14-29-22)26-12-17-4-3-16(23)11-25-17/h3-6,8-9,11-13,20,24,26H,7,10,14-16H2,1-2H3;2-5,7-8,10-12,18,23,26H,6,9,13-15H2,1H3;3,5-7,9-12,19,23,26H,4,8,13-15H2,1-2H3;3-6,8-11,18,22,26H,2,7,12-14H2,1H3. The molecular weight excluding hydrogens is 1510 g/mol. The van der Waals surface area contributed by atoms with Crippen molar-refractivity contribution in [1.82, 2.24) is 51.2 Å². The number of hydrogen-bond donors (Lipinski definition) is 4. The predicted molar refractivity (Wildman–Crippen MR) is 453 cm³/mol. The summed E-state index contributed by atoms with van der Waals surface area (Å²) in [6.45, 7) is 12.1. The molecule has 0 saturated carbocycles. The fraction of sp³-hybridized carbons (Fsp3) is 0.370. The van der Waals surface area contributed by atoms with Gasteiger partial charge in [-0.25, -0.2) is 0 Å². The van der Waals surface area contributed by atoms with Gasteiger partial charge in [0.25, 0.3) is 0 Å². The van der Waals surface area contributed by atoms with Gasteiger partial charge in [-0.1, -0.05) is 77.3 Å². The Hall–Kier alpha value is -9.44. The van der Waals surface area contributed by atoms with Gasteiger partial charge in [-0.2, -0.15) is 0 Å². The van der Waals surface area contributed by atoms with Crippen molar-refractivity contribution in [2.45, 2.75) is 141 Å².